The Morgan fingerprint density at radius 3 is 2.47 bits per heavy atom. The molecule has 0 aliphatic heterocycles. The van der Waals surface area contributed by atoms with Crippen molar-refractivity contribution in [3.63, 3.8) is 0 Å². The van der Waals surface area contributed by atoms with Crippen LogP contribution in [0, 0.1) is 0 Å². The topological polar surface area (TPSA) is 73.6 Å². The van der Waals surface area contributed by atoms with E-state index in [4.69, 9.17) is 15.2 Å². The molecule has 1 aromatic rings. The summed E-state index contributed by atoms with van der Waals surface area (Å²) >= 11 is 0. The van der Waals surface area contributed by atoms with E-state index in [2.05, 4.69) is 5.32 Å². The third-order valence-corrected chi connectivity index (χ3v) is 3.50. The standard InChI is InChI=1S/C14H20N2O3/c1-9(16-13(17)14(15)6-7-14)10-4-5-11(18-2)12(8-10)19-3/h4-5,8-9H,6-7,15H2,1-3H3,(H,16,17). The summed E-state index contributed by atoms with van der Waals surface area (Å²) in [5.41, 5.74) is 6.17. The summed E-state index contributed by atoms with van der Waals surface area (Å²) in [4.78, 5) is 11.9. The third-order valence-electron chi connectivity index (χ3n) is 3.50. The maximum Gasteiger partial charge on any atom is 0.240 e. The molecular weight excluding hydrogens is 244 g/mol. The van der Waals surface area contributed by atoms with Gasteiger partial charge in [0.15, 0.2) is 11.5 Å². The van der Waals surface area contributed by atoms with E-state index in [0.717, 1.165) is 18.4 Å². The molecule has 0 saturated heterocycles. The number of rotatable bonds is 5. The highest BCUT2D eigenvalue weighted by atomic mass is 16.5. The molecular formula is C14H20N2O3. The molecule has 104 valence electrons. The van der Waals surface area contributed by atoms with E-state index < -0.39 is 5.54 Å². The number of hydrogen-bond acceptors (Lipinski definition) is 4. The Bertz CT molecular complexity index is 484. The van der Waals surface area contributed by atoms with Crippen LogP contribution in [0.2, 0.25) is 0 Å². The molecule has 1 aromatic carbocycles. The molecule has 19 heavy (non-hydrogen) atoms. The Morgan fingerprint density at radius 1 is 1.32 bits per heavy atom. The van der Waals surface area contributed by atoms with Crippen molar-refractivity contribution in [2.45, 2.75) is 31.3 Å². The lowest BCUT2D eigenvalue weighted by molar-refractivity contribution is -0.123. The SMILES string of the molecule is COc1ccc(C(C)NC(=O)C2(N)CC2)cc1OC. The molecule has 5 heteroatoms. The average Bonchev–Trinajstić information content (AvgIpc) is 3.17. The molecule has 1 saturated carbocycles. The van der Waals surface area contributed by atoms with E-state index in [1.165, 1.54) is 0 Å². The molecule has 0 aromatic heterocycles. The lowest BCUT2D eigenvalue weighted by atomic mass is 10.1. The van der Waals surface area contributed by atoms with Crippen LogP contribution < -0.4 is 20.5 Å². The third kappa shape index (κ3) is 2.81. The van der Waals surface area contributed by atoms with Gasteiger partial charge in [0.2, 0.25) is 5.91 Å². The highest BCUT2D eigenvalue weighted by molar-refractivity contribution is 5.89. The fourth-order valence-corrected chi connectivity index (χ4v) is 1.91. The predicted octanol–water partition coefficient (Wildman–Crippen LogP) is 1.37. The Kier molecular flexibility index (Phi) is 3.66. The first-order chi connectivity index (χ1) is 9.00. The molecule has 0 spiro atoms. The molecule has 1 amide bonds. The van der Waals surface area contributed by atoms with Crippen molar-refractivity contribution in [2.24, 2.45) is 5.73 Å². The summed E-state index contributed by atoms with van der Waals surface area (Å²) in [6.07, 6.45) is 1.52. The first kappa shape index (κ1) is 13.7. The molecule has 3 N–H and O–H groups in total. The van der Waals surface area contributed by atoms with Gasteiger partial charge in [0.1, 0.15) is 0 Å². The van der Waals surface area contributed by atoms with E-state index >= 15 is 0 Å². The molecule has 5 nitrogen and oxygen atoms in total. The van der Waals surface area contributed by atoms with Gasteiger partial charge in [0.25, 0.3) is 0 Å². The summed E-state index contributed by atoms with van der Waals surface area (Å²) in [5.74, 6) is 1.23. The first-order valence-electron chi connectivity index (χ1n) is 6.32. The van der Waals surface area contributed by atoms with Crippen LogP contribution in [-0.2, 0) is 4.79 Å². The maximum atomic E-state index is 11.9. The normalized spacial score (nSPS) is 17.5. The number of benzene rings is 1. The number of carbonyl (C=O) groups is 1. The summed E-state index contributed by atoms with van der Waals surface area (Å²) in [7, 11) is 3.18. The lowest BCUT2D eigenvalue weighted by Gasteiger charge is -2.18. The van der Waals surface area contributed by atoms with Crippen molar-refractivity contribution >= 4 is 5.91 Å². The molecule has 0 radical (unpaired) electrons. The Hall–Kier alpha value is -1.75. The molecule has 1 unspecified atom stereocenters. The first-order valence-corrected chi connectivity index (χ1v) is 6.32. The van der Waals surface area contributed by atoms with Crippen LogP contribution in [0.3, 0.4) is 0 Å². The number of carbonyl (C=O) groups excluding carboxylic acids is 1. The molecule has 1 aliphatic carbocycles. The zero-order chi connectivity index (χ0) is 14.0. The minimum absolute atomic E-state index is 0.0882. The van der Waals surface area contributed by atoms with Crippen molar-refractivity contribution < 1.29 is 14.3 Å². The molecule has 1 aliphatic rings. The minimum atomic E-state index is -0.648. The highest BCUT2D eigenvalue weighted by Gasteiger charge is 2.46. The van der Waals surface area contributed by atoms with Gasteiger partial charge in [-0.15, -0.1) is 0 Å². The van der Waals surface area contributed by atoms with Crippen LogP contribution in [0.25, 0.3) is 0 Å². The number of nitrogens with one attached hydrogen (secondary N) is 1. The van der Waals surface area contributed by atoms with Crippen LogP contribution in [0.15, 0.2) is 18.2 Å². The second kappa shape index (κ2) is 5.09. The van der Waals surface area contributed by atoms with Gasteiger partial charge in [-0.05, 0) is 37.5 Å². The number of hydrogen-bond donors (Lipinski definition) is 2. The second-order valence-electron chi connectivity index (χ2n) is 4.97. The Labute approximate surface area is 113 Å². The van der Waals surface area contributed by atoms with E-state index in [-0.39, 0.29) is 11.9 Å². The zero-order valence-corrected chi connectivity index (χ0v) is 11.5. The van der Waals surface area contributed by atoms with Crippen LogP contribution in [0.1, 0.15) is 31.4 Å². The van der Waals surface area contributed by atoms with E-state index in [0.29, 0.717) is 11.5 Å². The van der Waals surface area contributed by atoms with Gasteiger partial charge in [-0.1, -0.05) is 6.07 Å². The zero-order valence-electron chi connectivity index (χ0n) is 11.5. The fraction of sp³-hybridized carbons (Fsp3) is 0.500. The van der Waals surface area contributed by atoms with Gasteiger partial charge in [-0.3, -0.25) is 4.79 Å². The van der Waals surface area contributed by atoms with E-state index in [1.54, 1.807) is 14.2 Å². The number of methoxy groups -OCH3 is 2. The van der Waals surface area contributed by atoms with Crippen LogP contribution >= 0.6 is 0 Å². The maximum absolute atomic E-state index is 11.9. The largest absolute Gasteiger partial charge is 0.493 e. The smallest absolute Gasteiger partial charge is 0.240 e. The van der Waals surface area contributed by atoms with Crippen molar-refractivity contribution in [2.75, 3.05) is 14.2 Å². The molecule has 0 heterocycles. The lowest BCUT2D eigenvalue weighted by Crippen LogP contribution is -2.43. The summed E-state index contributed by atoms with van der Waals surface area (Å²) in [5, 5.41) is 2.93. The highest BCUT2D eigenvalue weighted by Crippen LogP contribution is 2.34. The molecule has 0 bridgehead atoms. The van der Waals surface area contributed by atoms with Gasteiger partial charge in [-0.2, -0.15) is 0 Å². The monoisotopic (exact) mass is 264 g/mol. The van der Waals surface area contributed by atoms with Gasteiger partial charge in [0, 0.05) is 0 Å². The van der Waals surface area contributed by atoms with E-state index in [9.17, 15) is 4.79 Å². The Balaban J connectivity index is 2.10. The predicted molar refractivity (Wildman–Crippen MR) is 72.3 cm³/mol. The summed E-state index contributed by atoms with van der Waals surface area (Å²) in [6.45, 7) is 1.92. The van der Waals surface area contributed by atoms with Crippen molar-refractivity contribution in [3.05, 3.63) is 23.8 Å². The number of nitrogens with two attached hydrogens (primary N) is 1. The number of ether oxygens (including phenoxy) is 2. The quantitative estimate of drug-likeness (QED) is 0.842. The van der Waals surface area contributed by atoms with Crippen LogP contribution in [0.4, 0.5) is 0 Å². The Morgan fingerprint density at radius 2 is 1.95 bits per heavy atom. The minimum Gasteiger partial charge on any atom is -0.493 e. The average molecular weight is 264 g/mol. The number of amides is 1. The van der Waals surface area contributed by atoms with Crippen LogP contribution in [0.5, 0.6) is 11.5 Å². The molecule has 2 rings (SSSR count). The molecule has 1 fully saturated rings. The van der Waals surface area contributed by atoms with Crippen LogP contribution in [-0.4, -0.2) is 25.7 Å². The second-order valence-corrected chi connectivity index (χ2v) is 4.97. The van der Waals surface area contributed by atoms with Gasteiger partial charge in [0.05, 0.1) is 25.8 Å². The van der Waals surface area contributed by atoms with Gasteiger partial charge >= 0.3 is 0 Å². The fourth-order valence-electron chi connectivity index (χ4n) is 1.91. The van der Waals surface area contributed by atoms with Gasteiger partial charge in [-0.25, -0.2) is 0 Å². The molecule has 1 atom stereocenters. The van der Waals surface area contributed by atoms with Gasteiger partial charge < -0.3 is 20.5 Å². The van der Waals surface area contributed by atoms with Crippen molar-refractivity contribution in [1.29, 1.82) is 0 Å². The van der Waals surface area contributed by atoms with E-state index in [1.807, 2.05) is 25.1 Å². The van der Waals surface area contributed by atoms with Crippen molar-refractivity contribution in [3.8, 4) is 11.5 Å². The summed E-state index contributed by atoms with van der Waals surface area (Å²) < 4.78 is 10.4. The summed E-state index contributed by atoms with van der Waals surface area (Å²) in [6, 6.07) is 5.47. The van der Waals surface area contributed by atoms with Crippen molar-refractivity contribution in [1.82, 2.24) is 5.32 Å².